The topological polar surface area (TPSA) is 76.1 Å². The summed E-state index contributed by atoms with van der Waals surface area (Å²) < 4.78 is 19.8. The molecule has 162 valence electrons. The van der Waals surface area contributed by atoms with E-state index in [1.54, 1.807) is 23.6 Å². The fourth-order valence-electron chi connectivity index (χ4n) is 3.98. The number of hydrogen-bond donors (Lipinski definition) is 2. The van der Waals surface area contributed by atoms with Crippen molar-refractivity contribution in [3.8, 4) is 0 Å². The van der Waals surface area contributed by atoms with Crippen molar-refractivity contribution < 1.29 is 13.9 Å². The Kier molecular flexibility index (Phi) is 5.01. The highest BCUT2D eigenvalue weighted by molar-refractivity contribution is 7.07. The molecule has 8 heteroatoms. The van der Waals surface area contributed by atoms with Crippen molar-refractivity contribution in [3.05, 3.63) is 81.9 Å². The van der Waals surface area contributed by atoms with Crippen molar-refractivity contribution in [2.45, 2.75) is 25.9 Å². The minimum absolute atomic E-state index is 0.298. The molecule has 0 saturated carbocycles. The Bertz CT molecular complexity index is 1260. The van der Waals surface area contributed by atoms with Crippen LogP contribution in [0.25, 0.3) is 11.1 Å². The second-order valence-electron chi connectivity index (χ2n) is 8.14. The van der Waals surface area contributed by atoms with Gasteiger partial charge < -0.3 is 15.4 Å². The maximum atomic E-state index is 13.6. The van der Waals surface area contributed by atoms with Gasteiger partial charge in [0.15, 0.2) is 0 Å². The highest BCUT2D eigenvalue weighted by atomic mass is 32.1. The molecule has 5 rings (SSSR count). The van der Waals surface area contributed by atoms with Gasteiger partial charge in [0.25, 0.3) is 5.91 Å². The second kappa shape index (κ2) is 7.87. The number of carbonyl (C=O) groups is 1. The lowest BCUT2D eigenvalue weighted by Gasteiger charge is -2.23. The molecule has 6 nitrogen and oxygen atoms in total. The van der Waals surface area contributed by atoms with Crippen LogP contribution < -0.4 is 10.6 Å². The SMILES string of the molecule is CC1(C)O/C(=C2/C(=O)Nc3cc(F)ccc32)C=C1c1ccnc(NCCc2cscn2)c1. The number of aromatic nitrogens is 2. The van der Waals surface area contributed by atoms with E-state index in [4.69, 9.17) is 4.74 Å². The number of benzene rings is 1. The molecular weight excluding hydrogens is 427 g/mol. The van der Waals surface area contributed by atoms with Crippen molar-refractivity contribution >= 4 is 39.9 Å². The number of allylic oxidation sites excluding steroid dienone is 1. The maximum Gasteiger partial charge on any atom is 0.260 e. The summed E-state index contributed by atoms with van der Waals surface area (Å²) in [6.45, 7) is 4.64. The third kappa shape index (κ3) is 3.78. The molecule has 1 aromatic carbocycles. The van der Waals surface area contributed by atoms with Crippen LogP contribution in [-0.4, -0.2) is 28.0 Å². The molecule has 3 aromatic rings. The number of pyridine rings is 1. The molecule has 0 spiro atoms. The first kappa shape index (κ1) is 20.4. The molecule has 0 unspecified atom stereocenters. The zero-order valence-electron chi connectivity index (χ0n) is 17.6. The summed E-state index contributed by atoms with van der Waals surface area (Å²) in [5.41, 5.74) is 5.63. The third-order valence-corrected chi connectivity index (χ3v) is 6.14. The maximum absolute atomic E-state index is 13.6. The van der Waals surface area contributed by atoms with Gasteiger partial charge in [-0.05, 0) is 55.8 Å². The van der Waals surface area contributed by atoms with Gasteiger partial charge in [-0.3, -0.25) is 4.79 Å². The molecule has 2 N–H and O–H groups in total. The van der Waals surface area contributed by atoms with Gasteiger partial charge in [0.2, 0.25) is 0 Å². The van der Waals surface area contributed by atoms with E-state index in [1.165, 1.54) is 12.1 Å². The third-order valence-electron chi connectivity index (χ3n) is 5.50. The number of ether oxygens (including phenoxy) is 1. The van der Waals surface area contributed by atoms with Crippen molar-refractivity contribution in [3.63, 3.8) is 0 Å². The zero-order valence-corrected chi connectivity index (χ0v) is 18.4. The number of amides is 1. The van der Waals surface area contributed by atoms with Gasteiger partial charge >= 0.3 is 0 Å². The average Bonchev–Trinajstić information content (AvgIpc) is 3.45. The number of hydrogen-bond acceptors (Lipinski definition) is 6. The summed E-state index contributed by atoms with van der Waals surface area (Å²) in [7, 11) is 0. The smallest absolute Gasteiger partial charge is 0.260 e. The number of fused-ring (bicyclic) bond motifs is 1. The fraction of sp³-hybridized carbons (Fsp3) is 0.208. The Hall–Kier alpha value is -3.52. The first-order chi connectivity index (χ1) is 15.4. The van der Waals surface area contributed by atoms with Gasteiger partial charge in [0, 0.05) is 35.7 Å². The highest BCUT2D eigenvalue weighted by Gasteiger charge is 2.38. The lowest BCUT2D eigenvalue weighted by Crippen LogP contribution is -2.21. The predicted octanol–water partition coefficient (Wildman–Crippen LogP) is 4.89. The van der Waals surface area contributed by atoms with Crippen LogP contribution in [0.5, 0.6) is 0 Å². The van der Waals surface area contributed by atoms with Crippen LogP contribution in [0.2, 0.25) is 0 Å². The Labute approximate surface area is 188 Å². The molecule has 32 heavy (non-hydrogen) atoms. The molecule has 0 radical (unpaired) electrons. The Morgan fingerprint density at radius 1 is 1.22 bits per heavy atom. The Balaban J connectivity index is 1.44. The van der Waals surface area contributed by atoms with Crippen LogP contribution in [0.3, 0.4) is 0 Å². The van der Waals surface area contributed by atoms with E-state index in [2.05, 4.69) is 20.6 Å². The molecule has 2 aliphatic heterocycles. The van der Waals surface area contributed by atoms with Gasteiger partial charge in [-0.2, -0.15) is 0 Å². The number of nitrogens with one attached hydrogen (secondary N) is 2. The van der Waals surface area contributed by atoms with Crippen LogP contribution >= 0.6 is 11.3 Å². The van der Waals surface area contributed by atoms with Crippen LogP contribution in [0, 0.1) is 5.82 Å². The van der Waals surface area contributed by atoms with E-state index in [9.17, 15) is 9.18 Å². The quantitative estimate of drug-likeness (QED) is 0.544. The van der Waals surface area contributed by atoms with Crippen molar-refractivity contribution in [2.24, 2.45) is 0 Å². The zero-order chi connectivity index (χ0) is 22.3. The molecule has 4 heterocycles. The summed E-state index contributed by atoms with van der Waals surface area (Å²) >= 11 is 1.58. The molecule has 1 amide bonds. The van der Waals surface area contributed by atoms with Crippen molar-refractivity contribution in [1.82, 2.24) is 9.97 Å². The van der Waals surface area contributed by atoms with Gasteiger partial charge in [-0.15, -0.1) is 11.3 Å². The normalized spacial score (nSPS) is 18.7. The van der Waals surface area contributed by atoms with E-state index in [0.717, 1.165) is 35.6 Å². The summed E-state index contributed by atoms with van der Waals surface area (Å²) in [4.78, 5) is 21.3. The number of anilines is 2. The van der Waals surface area contributed by atoms with E-state index in [-0.39, 0.29) is 5.91 Å². The number of thiazole rings is 1. The first-order valence-electron chi connectivity index (χ1n) is 10.2. The summed E-state index contributed by atoms with van der Waals surface area (Å²) in [5, 5.41) is 8.10. The fourth-order valence-corrected chi connectivity index (χ4v) is 4.58. The van der Waals surface area contributed by atoms with Gasteiger partial charge in [0.1, 0.15) is 23.0 Å². The monoisotopic (exact) mass is 448 g/mol. The van der Waals surface area contributed by atoms with Gasteiger partial charge in [-0.25, -0.2) is 14.4 Å². The number of halogens is 1. The van der Waals surface area contributed by atoms with Gasteiger partial charge in [-0.1, -0.05) is 0 Å². The second-order valence-corrected chi connectivity index (χ2v) is 8.86. The van der Waals surface area contributed by atoms with Crippen LogP contribution in [-0.2, 0) is 16.0 Å². The Morgan fingerprint density at radius 2 is 2.09 bits per heavy atom. The van der Waals surface area contributed by atoms with Crippen molar-refractivity contribution in [2.75, 3.05) is 17.2 Å². The summed E-state index contributed by atoms with van der Waals surface area (Å²) in [5.74, 6) is 0.538. The lowest BCUT2D eigenvalue weighted by molar-refractivity contribution is -0.111. The van der Waals surface area contributed by atoms with E-state index >= 15 is 0 Å². The molecule has 0 aliphatic carbocycles. The number of nitrogens with zero attached hydrogens (tertiary/aromatic N) is 2. The minimum atomic E-state index is -0.648. The van der Waals surface area contributed by atoms with E-state index in [0.29, 0.717) is 22.6 Å². The predicted molar refractivity (Wildman–Crippen MR) is 124 cm³/mol. The molecule has 0 fully saturated rings. The summed E-state index contributed by atoms with van der Waals surface area (Å²) in [6, 6.07) is 8.16. The molecular formula is C24H21FN4O2S. The molecule has 2 aromatic heterocycles. The summed E-state index contributed by atoms with van der Waals surface area (Å²) in [6.07, 6.45) is 4.46. The van der Waals surface area contributed by atoms with Gasteiger partial charge in [0.05, 0.1) is 22.5 Å². The van der Waals surface area contributed by atoms with Crippen LogP contribution in [0.4, 0.5) is 15.9 Å². The molecule has 0 atom stereocenters. The minimum Gasteiger partial charge on any atom is -0.482 e. The largest absolute Gasteiger partial charge is 0.482 e. The molecule has 0 bridgehead atoms. The lowest BCUT2D eigenvalue weighted by atomic mass is 9.92. The average molecular weight is 449 g/mol. The van der Waals surface area contributed by atoms with Crippen LogP contribution in [0.15, 0.2) is 59.3 Å². The number of carbonyl (C=O) groups excluding carboxylic acids is 1. The Morgan fingerprint density at radius 3 is 2.91 bits per heavy atom. The highest BCUT2D eigenvalue weighted by Crippen LogP contribution is 2.44. The number of rotatable bonds is 5. The molecule has 2 aliphatic rings. The van der Waals surface area contributed by atoms with E-state index < -0.39 is 11.4 Å². The van der Waals surface area contributed by atoms with Crippen molar-refractivity contribution in [1.29, 1.82) is 0 Å². The molecule has 0 saturated heterocycles. The van der Waals surface area contributed by atoms with E-state index in [1.807, 2.05) is 42.9 Å². The van der Waals surface area contributed by atoms with Crippen LogP contribution in [0.1, 0.15) is 30.7 Å². The first-order valence-corrected chi connectivity index (χ1v) is 11.2. The standard InChI is InChI=1S/C24H21FN4O2S/c1-24(2)18(14-5-7-26-21(9-14)27-8-6-16-12-32-13-28-16)11-20(31-24)22-17-4-3-15(25)10-19(17)29-23(22)30/h3-5,7,9-13H,6,8H2,1-2H3,(H,26,27)(H,29,30)/b22-20+.